The van der Waals surface area contributed by atoms with Crippen molar-refractivity contribution in [3.63, 3.8) is 0 Å². The van der Waals surface area contributed by atoms with E-state index in [1.54, 1.807) is 0 Å². The Morgan fingerprint density at radius 1 is 1.43 bits per heavy atom. The molecule has 1 unspecified atom stereocenters. The van der Waals surface area contributed by atoms with E-state index in [4.69, 9.17) is 4.74 Å². The van der Waals surface area contributed by atoms with E-state index in [2.05, 4.69) is 13.8 Å². The molecule has 0 aromatic rings. The number of hydrogen-bond acceptors (Lipinski definition) is 3. The van der Waals surface area contributed by atoms with E-state index in [9.17, 15) is 9.36 Å². The molecule has 0 aromatic carbocycles. The van der Waals surface area contributed by atoms with Gasteiger partial charge in [0.15, 0.2) is 8.46 Å². The Balaban J connectivity index is 3.60. The number of ether oxygens (including phenoxy) is 1. The monoisotopic (exact) mass is 218 g/mol. The summed E-state index contributed by atoms with van der Waals surface area (Å²) in [6.45, 7) is 4.72. The van der Waals surface area contributed by atoms with E-state index in [-0.39, 0.29) is 20.6 Å². The molecule has 0 aliphatic carbocycles. The third kappa shape index (κ3) is 7.02. The molecule has 82 valence electrons. The predicted molar refractivity (Wildman–Crippen MR) is 56.7 cm³/mol. The van der Waals surface area contributed by atoms with E-state index < -0.39 is 0 Å². The third-order valence-corrected chi connectivity index (χ3v) is 2.60. The Bertz CT molecular complexity index is 171. The van der Waals surface area contributed by atoms with Gasteiger partial charge >= 0.3 is 5.97 Å². The topological polar surface area (TPSA) is 43.4 Å². The fourth-order valence-corrected chi connectivity index (χ4v) is 1.40. The van der Waals surface area contributed by atoms with Gasteiger partial charge in [-0.25, -0.2) is 0 Å². The van der Waals surface area contributed by atoms with Gasteiger partial charge < -0.3 is 4.74 Å². The standard InChI is InChI=1S/C10H19O3P/c1-3-5-6-9(4-2)7-13-10(11)8-14-12/h9H,3-8H2,1-2H3. The zero-order chi connectivity index (χ0) is 10.8. The van der Waals surface area contributed by atoms with E-state index in [0.29, 0.717) is 12.5 Å². The molecule has 0 N–H and O–H groups in total. The summed E-state index contributed by atoms with van der Waals surface area (Å²) in [7, 11) is -0.160. The van der Waals surface area contributed by atoms with Crippen LogP contribution in [0.4, 0.5) is 0 Å². The van der Waals surface area contributed by atoms with Crippen molar-refractivity contribution in [1.29, 1.82) is 0 Å². The van der Waals surface area contributed by atoms with Crippen molar-refractivity contribution in [3.05, 3.63) is 0 Å². The van der Waals surface area contributed by atoms with Gasteiger partial charge in [-0.1, -0.05) is 33.1 Å². The summed E-state index contributed by atoms with van der Waals surface area (Å²) >= 11 is 0. The van der Waals surface area contributed by atoms with Crippen LogP contribution in [0.25, 0.3) is 0 Å². The van der Waals surface area contributed by atoms with Crippen molar-refractivity contribution in [1.82, 2.24) is 0 Å². The molecule has 0 radical (unpaired) electrons. The predicted octanol–water partition coefficient (Wildman–Crippen LogP) is 3.04. The van der Waals surface area contributed by atoms with Gasteiger partial charge in [0.25, 0.3) is 0 Å². The van der Waals surface area contributed by atoms with Crippen molar-refractivity contribution in [2.24, 2.45) is 5.92 Å². The highest BCUT2D eigenvalue weighted by molar-refractivity contribution is 7.25. The molecular formula is C10H19O3P. The summed E-state index contributed by atoms with van der Waals surface area (Å²) in [5.41, 5.74) is 0. The average Bonchev–Trinajstić information content (AvgIpc) is 2.19. The smallest absolute Gasteiger partial charge is 0.317 e. The van der Waals surface area contributed by atoms with E-state index in [1.165, 1.54) is 12.8 Å². The summed E-state index contributed by atoms with van der Waals surface area (Å²) in [6, 6.07) is 0. The maximum Gasteiger partial charge on any atom is 0.317 e. The number of carbonyl (C=O) groups is 1. The molecule has 0 aliphatic heterocycles. The Hall–Kier alpha value is -0.430. The summed E-state index contributed by atoms with van der Waals surface area (Å²) < 4.78 is 15.1. The van der Waals surface area contributed by atoms with Crippen molar-refractivity contribution in [3.8, 4) is 0 Å². The fourth-order valence-electron chi connectivity index (χ4n) is 1.21. The second kappa shape index (κ2) is 9.14. The number of rotatable bonds is 8. The molecule has 0 amide bonds. The van der Waals surface area contributed by atoms with Crippen molar-refractivity contribution >= 4 is 14.4 Å². The van der Waals surface area contributed by atoms with Crippen LogP contribution in [0.15, 0.2) is 0 Å². The van der Waals surface area contributed by atoms with Crippen LogP contribution < -0.4 is 0 Å². The zero-order valence-corrected chi connectivity index (χ0v) is 9.89. The van der Waals surface area contributed by atoms with Gasteiger partial charge in [0.05, 0.1) is 6.61 Å². The molecular weight excluding hydrogens is 199 g/mol. The second-order valence-corrected chi connectivity index (χ2v) is 3.96. The van der Waals surface area contributed by atoms with Crippen LogP contribution in [0, 0.1) is 5.92 Å². The highest BCUT2D eigenvalue weighted by Crippen LogP contribution is 2.13. The highest BCUT2D eigenvalue weighted by Gasteiger charge is 2.09. The number of esters is 1. The lowest BCUT2D eigenvalue weighted by molar-refractivity contribution is -0.141. The first kappa shape index (κ1) is 13.6. The van der Waals surface area contributed by atoms with Crippen LogP contribution in [0.2, 0.25) is 0 Å². The van der Waals surface area contributed by atoms with Crippen molar-refractivity contribution < 1.29 is 14.1 Å². The Kier molecular flexibility index (Phi) is 8.86. The van der Waals surface area contributed by atoms with Crippen LogP contribution in [0.5, 0.6) is 0 Å². The van der Waals surface area contributed by atoms with Gasteiger partial charge in [-0.05, 0) is 12.3 Å². The maximum atomic E-state index is 10.9. The normalized spacial score (nSPS) is 12.7. The average molecular weight is 218 g/mol. The van der Waals surface area contributed by atoms with Crippen LogP contribution in [0.1, 0.15) is 39.5 Å². The number of carbonyl (C=O) groups excluding carboxylic acids is 1. The lowest BCUT2D eigenvalue weighted by Crippen LogP contribution is -2.14. The minimum Gasteiger partial charge on any atom is -0.465 e. The minimum atomic E-state index is -0.364. The van der Waals surface area contributed by atoms with E-state index in [1.807, 2.05) is 0 Å². The molecule has 0 saturated heterocycles. The summed E-state index contributed by atoms with van der Waals surface area (Å²) in [4.78, 5) is 10.9. The lowest BCUT2D eigenvalue weighted by Gasteiger charge is -2.13. The number of unbranched alkanes of at least 4 members (excludes halogenated alkanes) is 1. The summed E-state index contributed by atoms with van der Waals surface area (Å²) in [6.07, 6.45) is 4.46. The first-order valence-electron chi connectivity index (χ1n) is 5.19. The molecule has 14 heavy (non-hydrogen) atoms. The number of hydrogen-bond donors (Lipinski definition) is 0. The first-order valence-corrected chi connectivity index (χ1v) is 6.19. The highest BCUT2D eigenvalue weighted by atomic mass is 31.1. The molecule has 0 rings (SSSR count). The molecule has 3 nitrogen and oxygen atoms in total. The van der Waals surface area contributed by atoms with Gasteiger partial charge in [0.1, 0.15) is 6.16 Å². The molecule has 0 bridgehead atoms. The lowest BCUT2D eigenvalue weighted by atomic mass is 10.0. The molecule has 0 spiro atoms. The molecule has 0 aliphatic rings. The zero-order valence-electron chi connectivity index (χ0n) is 8.99. The first-order chi connectivity index (χ1) is 6.74. The van der Waals surface area contributed by atoms with Crippen molar-refractivity contribution in [2.75, 3.05) is 12.8 Å². The maximum absolute atomic E-state index is 10.9. The summed E-state index contributed by atoms with van der Waals surface area (Å²) in [5, 5.41) is 0. The fraction of sp³-hybridized carbons (Fsp3) is 0.900. The van der Waals surface area contributed by atoms with Crippen LogP contribution in [0.3, 0.4) is 0 Å². The molecule has 4 heteroatoms. The molecule has 0 fully saturated rings. The van der Waals surface area contributed by atoms with Gasteiger partial charge in [-0.15, -0.1) is 0 Å². The molecule has 0 heterocycles. The van der Waals surface area contributed by atoms with Crippen LogP contribution in [-0.2, 0) is 14.1 Å². The van der Waals surface area contributed by atoms with Gasteiger partial charge in [0.2, 0.25) is 0 Å². The van der Waals surface area contributed by atoms with E-state index in [0.717, 1.165) is 12.8 Å². The third-order valence-electron chi connectivity index (χ3n) is 2.22. The largest absolute Gasteiger partial charge is 0.465 e. The van der Waals surface area contributed by atoms with Crippen LogP contribution >= 0.6 is 8.46 Å². The van der Waals surface area contributed by atoms with Gasteiger partial charge in [0, 0.05) is 0 Å². The van der Waals surface area contributed by atoms with E-state index >= 15 is 0 Å². The minimum absolute atomic E-state index is 0.0236. The molecule has 0 aromatic heterocycles. The second-order valence-electron chi connectivity index (χ2n) is 3.39. The van der Waals surface area contributed by atoms with Gasteiger partial charge in [-0.2, -0.15) is 0 Å². The Labute approximate surface area is 87.4 Å². The van der Waals surface area contributed by atoms with Crippen molar-refractivity contribution in [2.45, 2.75) is 39.5 Å². The Morgan fingerprint density at radius 2 is 2.14 bits per heavy atom. The quantitative estimate of drug-likeness (QED) is 0.464. The molecule has 1 atom stereocenters. The summed E-state index contributed by atoms with van der Waals surface area (Å²) in [5.74, 6) is 0.0961. The van der Waals surface area contributed by atoms with Gasteiger partial charge in [-0.3, -0.25) is 9.36 Å². The SMILES string of the molecule is CCCCC(CC)COC(=O)CP=O. The Morgan fingerprint density at radius 3 is 2.64 bits per heavy atom. The molecule has 0 saturated carbocycles. The van der Waals surface area contributed by atoms with Crippen LogP contribution in [-0.4, -0.2) is 18.7 Å².